The van der Waals surface area contributed by atoms with E-state index in [2.05, 4.69) is 10.6 Å². The predicted molar refractivity (Wildman–Crippen MR) is 162 cm³/mol. The van der Waals surface area contributed by atoms with Crippen molar-refractivity contribution in [3.63, 3.8) is 0 Å². The standard InChI is InChI=1S/C30H42ClN2O8P/c1-3-40-42(38,41-4-2)22-26(35)16-9-6-10-18-28(33-30(37)39-21-23-13-7-5-8-14-23)29(36)32-25(20-34)19-24-15-11-12-17-27(24)31/h5,7-8,11-15,17,25,28,34H,3-4,6,9-10,16,18-22H2,1-2H3,(H,32,36)(H,33,37)/t25-,28?/m0/s1. The van der Waals surface area contributed by atoms with E-state index >= 15 is 0 Å². The van der Waals surface area contributed by atoms with Crippen LogP contribution in [0.5, 0.6) is 0 Å². The summed E-state index contributed by atoms with van der Waals surface area (Å²) in [6, 6.07) is 14.8. The number of carbonyl (C=O) groups is 3. The van der Waals surface area contributed by atoms with Crippen molar-refractivity contribution in [1.29, 1.82) is 0 Å². The molecule has 2 atom stereocenters. The van der Waals surface area contributed by atoms with Gasteiger partial charge < -0.3 is 29.5 Å². The molecule has 0 bridgehead atoms. The third-order valence-electron chi connectivity index (χ3n) is 6.28. The molecule has 0 spiro atoms. The predicted octanol–water partition coefficient (Wildman–Crippen LogP) is 5.44. The van der Waals surface area contributed by atoms with E-state index in [0.29, 0.717) is 30.7 Å². The molecule has 0 aromatic heterocycles. The molecule has 232 valence electrons. The number of hydrogen-bond acceptors (Lipinski definition) is 8. The van der Waals surface area contributed by atoms with Gasteiger partial charge in [-0.15, -0.1) is 0 Å². The van der Waals surface area contributed by atoms with Crippen LogP contribution in [0.1, 0.15) is 57.1 Å². The molecule has 10 nitrogen and oxygen atoms in total. The van der Waals surface area contributed by atoms with E-state index in [-0.39, 0.29) is 51.2 Å². The van der Waals surface area contributed by atoms with Gasteiger partial charge in [-0.05, 0) is 50.3 Å². The molecular weight excluding hydrogens is 583 g/mol. The molecule has 0 saturated heterocycles. The van der Waals surface area contributed by atoms with Crippen LogP contribution in [-0.2, 0) is 41.0 Å². The zero-order chi connectivity index (χ0) is 30.8. The third kappa shape index (κ3) is 13.5. The molecular formula is C30H42ClN2O8P. The first-order valence-corrected chi connectivity index (χ1v) is 16.3. The van der Waals surface area contributed by atoms with Crippen molar-refractivity contribution in [1.82, 2.24) is 10.6 Å². The summed E-state index contributed by atoms with van der Waals surface area (Å²) in [4.78, 5) is 38.1. The molecule has 12 heteroatoms. The van der Waals surface area contributed by atoms with Crippen LogP contribution in [0.25, 0.3) is 0 Å². The number of carbonyl (C=O) groups excluding carboxylic acids is 3. The van der Waals surface area contributed by atoms with Gasteiger partial charge in [-0.3, -0.25) is 14.2 Å². The summed E-state index contributed by atoms with van der Waals surface area (Å²) in [6.45, 7) is 3.47. The number of benzene rings is 2. The average molecular weight is 625 g/mol. The van der Waals surface area contributed by atoms with Gasteiger partial charge in [0.2, 0.25) is 5.91 Å². The maximum Gasteiger partial charge on any atom is 0.408 e. The number of Topliss-reactive ketones (excluding diaryl/α,β-unsaturated/α-hetero) is 1. The minimum atomic E-state index is -3.44. The Morgan fingerprint density at radius 3 is 2.24 bits per heavy atom. The lowest BCUT2D eigenvalue weighted by Crippen LogP contribution is -2.51. The Kier molecular flexibility index (Phi) is 16.4. The molecule has 0 fully saturated rings. The highest BCUT2D eigenvalue weighted by Gasteiger charge is 2.27. The second-order valence-electron chi connectivity index (χ2n) is 9.68. The molecule has 2 rings (SSSR count). The van der Waals surface area contributed by atoms with Gasteiger partial charge >= 0.3 is 13.7 Å². The van der Waals surface area contributed by atoms with Crippen LogP contribution < -0.4 is 10.6 Å². The van der Waals surface area contributed by atoms with Crippen molar-refractivity contribution in [2.24, 2.45) is 0 Å². The SMILES string of the molecule is CCOP(=O)(CC(=O)CCCCCC(NC(=O)OCc1ccccc1)C(=O)N[C@H](CO)Cc1ccccc1Cl)OCC. The number of nitrogens with one attached hydrogen (secondary N) is 2. The molecule has 0 aliphatic carbocycles. The van der Waals surface area contributed by atoms with E-state index in [1.165, 1.54) is 0 Å². The van der Waals surface area contributed by atoms with Gasteiger partial charge in [0.25, 0.3) is 0 Å². The number of ether oxygens (including phenoxy) is 1. The third-order valence-corrected chi connectivity index (χ3v) is 8.69. The summed E-state index contributed by atoms with van der Waals surface area (Å²) in [5.41, 5.74) is 1.57. The molecule has 42 heavy (non-hydrogen) atoms. The van der Waals surface area contributed by atoms with Gasteiger partial charge in [-0.25, -0.2) is 4.79 Å². The highest BCUT2D eigenvalue weighted by atomic mass is 35.5. The number of unbranched alkanes of at least 4 members (excludes halogenated alkanes) is 2. The van der Waals surface area contributed by atoms with E-state index in [1.54, 1.807) is 26.0 Å². The van der Waals surface area contributed by atoms with Gasteiger partial charge in [0, 0.05) is 11.4 Å². The summed E-state index contributed by atoms with van der Waals surface area (Å²) in [7, 11) is -3.44. The smallest absolute Gasteiger partial charge is 0.408 e. The molecule has 0 heterocycles. The molecule has 0 aliphatic heterocycles. The Hall–Kier alpha value is -2.75. The molecule has 3 N–H and O–H groups in total. The molecule has 2 aromatic rings. The summed E-state index contributed by atoms with van der Waals surface area (Å²) >= 11 is 6.24. The fourth-order valence-corrected chi connectivity index (χ4v) is 6.08. The monoisotopic (exact) mass is 624 g/mol. The van der Waals surface area contributed by atoms with Crippen LogP contribution in [0, 0.1) is 0 Å². The van der Waals surface area contributed by atoms with Crippen molar-refractivity contribution < 1.29 is 37.8 Å². The van der Waals surface area contributed by atoms with Gasteiger partial charge in [0.15, 0.2) is 0 Å². The summed E-state index contributed by atoms with van der Waals surface area (Å²) in [6.07, 6.45) is 1.38. The molecule has 2 amide bonds. The van der Waals surface area contributed by atoms with Gasteiger partial charge in [-0.1, -0.05) is 73.0 Å². The van der Waals surface area contributed by atoms with Crippen LogP contribution in [0.15, 0.2) is 54.6 Å². The van der Waals surface area contributed by atoms with E-state index in [9.17, 15) is 24.1 Å². The van der Waals surface area contributed by atoms with Crippen LogP contribution in [0.3, 0.4) is 0 Å². The molecule has 2 aromatic carbocycles. The van der Waals surface area contributed by atoms with E-state index < -0.39 is 31.7 Å². The highest BCUT2D eigenvalue weighted by Crippen LogP contribution is 2.48. The van der Waals surface area contributed by atoms with E-state index in [1.807, 2.05) is 42.5 Å². The lowest BCUT2D eigenvalue weighted by atomic mass is 10.0. The Labute approximate surface area is 253 Å². The zero-order valence-corrected chi connectivity index (χ0v) is 25.9. The first kappa shape index (κ1) is 35.4. The summed E-state index contributed by atoms with van der Waals surface area (Å²) in [5.74, 6) is -0.689. The largest absolute Gasteiger partial charge is 0.445 e. The average Bonchev–Trinajstić information content (AvgIpc) is 2.96. The first-order chi connectivity index (χ1) is 20.2. The number of halogens is 1. The van der Waals surface area contributed by atoms with Crippen LogP contribution in [0.2, 0.25) is 5.02 Å². The Morgan fingerprint density at radius 2 is 1.60 bits per heavy atom. The Balaban J connectivity index is 1.94. The number of aliphatic hydroxyl groups is 1. The van der Waals surface area contributed by atoms with Crippen molar-refractivity contribution in [3.05, 3.63) is 70.7 Å². The molecule has 0 saturated carbocycles. The van der Waals surface area contributed by atoms with Crippen LogP contribution >= 0.6 is 19.2 Å². The summed E-state index contributed by atoms with van der Waals surface area (Å²) < 4.78 is 28.3. The lowest BCUT2D eigenvalue weighted by Gasteiger charge is -2.23. The van der Waals surface area contributed by atoms with Crippen molar-refractivity contribution >= 4 is 37.0 Å². The molecule has 0 radical (unpaired) electrons. The van der Waals surface area contributed by atoms with Crippen LogP contribution in [-0.4, -0.2) is 61.0 Å². The minimum absolute atomic E-state index is 0.0439. The quantitative estimate of drug-likeness (QED) is 0.131. The van der Waals surface area contributed by atoms with Crippen molar-refractivity contribution in [2.45, 2.75) is 71.1 Å². The number of hydrogen-bond donors (Lipinski definition) is 3. The maximum absolute atomic E-state index is 13.2. The number of alkyl carbamates (subject to hydrolysis) is 1. The van der Waals surface area contributed by atoms with Crippen LogP contribution in [0.4, 0.5) is 4.79 Å². The molecule has 0 aliphatic rings. The minimum Gasteiger partial charge on any atom is -0.445 e. The fraction of sp³-hybridized carbons (Fsp3) is 0.500. The maximum atomic E-state index is 13.2. The van der Waals surface area contributed by atoms with Gasteiger partial charge in [0.05, 0.1) is 25.9 Å². The first-order valence-electron chi connectivity index (χ1n) is 14.2. The van der Waals surface area contributed by atoms with Gasteiger partial charge in [-0.2, -0.15) is 0 Å². The number of ketones is 1. The second-order valence-corrected chi connectivity index (χ2v) is 12.1. The number of aliphatic hydroxyl groups excluding tert-OH is 1. The van der Waals surface area contributed by atoms with Gasteiger partial charge in [0.1, 0.15) is 24.6 Å². The Bertz CT molecular complexity index is 1160. The normalized spacial score (nSPS) is 12.8. The fourth-order valence-electron chi connectivity index (χ4n) is 4.23. The topological polar surface area (TPSA) is 140 Å². The van der Waals surface area contributed by atoms with E-state index in [4.69, 9.17) is 25.4 Å². The summed E-state index contributed by atoms with van der Waals surface area (Å²) in [5, 5.41) is 15.9. The Morgan fingerprint density at radius 1 is 0.929 bits per heavy atom. The lowest BCUT2D eigenvalue weighted by molar-refractivity contribution is -0.124. The van der Waals surface area contributed by atoms with E-state index in [0.717, 1.165) is 11.1 Å². The zero-order valence-electron chi connectivity index (χ0n) is 24.3. The van der Waals surface area contributed by atoms with Crippen molar-refractivity contribution in [3.8, 4) is 0 Å². The number of rotatable bonds is 20. The molecule has 1 unspecified atom stereocenters. The highest BCUT2D eigenvalue weighted by molar-refractivity contribution is 7.54. The second kappa shape index (κ2) is 19.4. The van der Waals surface area contributed by atoms with Crippen molar-refractivity contribution in [2.75, 3.05) is 26.0 Å². The number of amides is 2.